The summed E-state index contributed by atoms with van der Waals surface area (Å²) in [6.07, 6.45) is 2.45. The fourth-order valence-corrected chi connectivity index (χ4v) is 2.71. The monoisotopic (exact) mass is 274 g/mol. The van der Waals surface area contributed by atoms with Crippen molar-refractivity contribution in [3.05, 3.63) is 0 Å². The minimum absolute atomic E-state index is 0.0364. The topological polar surface area (TPSA) is 97.0 Å². The summed E-state index contributed by atoms with van der Waals surface area (Å²) in [6, 6.07) is 0. The van der Waals surface area contributed by atoms with Gasteiger partial charge < -0.3 is 30.7 Å². The van der Waals surface area contributed by atoms with Crippen molar-refractivity contribution in [1.82, 2.24) is 5.32 Å². The average Bonchev–Trinajstić information content (AvgIpc) is 2.39. The van der Waals surface area contributed by atoms with Crippen LogP contribution in [-0.2, 0) is 9.47 Å². The maximum atomic E-state index is 10.3. The molecule has 2 unspecified atom stereocenters. The average molecular weight is 274 g/mol. The molecule has 2 aliphatic rings. The molecule has 0 aromatic rings. The molecule has 0 spiro atoms. The summed E-state index contributed by atoms with van der Waals surface area (Å²) >= 11 is 0. The summed E-state index contributed by atoms with van der Waals surface area (Å²) in [7, 11) is 0. The zero-order valence-electron chi connectivity index (χ0n) is 11.4. The predicted octanol–water partition coefficient (Wildman–Crippen LogP) is -1.01. The zero-order valence-corrected chi connectivity index (χ0v) is 11.4. The third kappa shape index (κ3) is 4.37. The summed E-state index contributed by atoms with van der Waals surface area (Å²) < 4.78 is 10.9. The highest BCUT2D eigenvalue weighted by Crippen LogP contribution is 2.24. The fraction of sp³-hybridized carbons (Fsp3) is 1.00. The highest BCUT2D eigenvalue weighted by Gasteiger charge is 2.34. The predicted molar refractivity (Wildman–Crippen MR) is 70.9 cm³/mol. The van der Waals surface area contributed by atoms with Crippen LogP contribution < -0.4 is 11.1 Å². The Labute approximate surface area is 114 Å². The summed E-state index contributed by atoms with van der Waals surface area (Å²) in [5.41, 5.74) is 4.13. The largest absolute Gasteiger partial charge is 0.388 e. The fourth-order valence-electron chi connectivity index (χ4n) is 2.71. The van der Waals surface area contributed by atoms with E-state index in [4.69, 9.17) is 15.2 Å². The van der Waals surface area contributed by atoms with Gasteiger partial charge in [-0.05, 0) is 0 Å². The number of ether oxygens (including phenoxy) is 2. The Morgan fingerprint density at radius 1 is 1.11 bits per heavy atom. The van der Waals surface area contributed by atoms with E-state index in [0.717, 1.165) is 0 Å². The number of hydrogen-bond acceptors (Lipinski definition) is 6. The third-order valence-electron chi connectivity index (χ3n) is 4.16. The Morgan fingerprint density at radius 2 is 1.79 bits per heavy atom. The smallest absolute Gasteiger partial charge is 0.0816 e. The van der Waals surface area contributed by atoms with E-state index in [-0.39, 0.29) is 12.6 Å². The van der Waals surface area contributed by atoms with Gasteiger partial charge in [-0.2, -0.15) is 0 Å². The Bertz CT molecular complexity index is 284. The SMILES string of the molecule is NCC1(O)CCOC(CNCC2(O)CCOCC2)C1. The van der Waals surface area contributed by atoms with Crippen LogP contribution in [0.3, 0.4) is 0 Å². The summed E-state index contributed by atoms with van der Waals surface area (Å²) in [5.74, 6) is 0. The van der Waals surface area contributed by atoms with Gasteiger partial charge in [-0.3, -0.25) is 0 Å². The highest BCUT2D eigenvalue weighted by molar-refractivity contribution is 4.89. The van der Waals surface area contributed by atoms with Gasteiger partial charge in [0.2, 0.25) is 0 Å². The van der Waals surface area contributed by atoms with Crippen molar-refractivity contribution < 1.29 is 19.7 Å². The molecule has 2 atom stereocenters. The lowest BCUT2D eigenvalue weighted by atomic mass is 9.90. The number of nitrogens with one attached hydrogen (secondary N) is 1. The van der Waals surface area contributed by atoms with Crippen LogP contribution in [0.4, 0.5) is 0 Å². The van der Waals surface area contributed by atoms with Crippen LogP contribution in [-0.4, -0.2) is 67.0 Å². The van der Waals surface area contributed by atoms with Gasteiger partial charge in [0.15, 0.2) is 0 Å². The first-order valence-electron chi connectivity index (χ1n) is 7.10. The van der Waals surface area contributed by atoms with E-state index in [1.165, 1.54) is 0 Å². The molecule has 0 aromatic heterocycles. The molecule has 112 valence electrons. The van der Waals surface area contributed by atoms with Crippen LogP contribution in [0.5, 0.6) is 0 Å². The van der Waals surface area contributed by atoms with E-state index >= 15 is 0 Å². The second-order valence-electron chi connectivity index (χ2n) is 5.84. The third-order valence-corrected chi connectivity index (χ3v) is 4.16. The van der Waals surface area contributed by atoms with E-state index < -0.39 is 11.2 Å². The Kier molecular flexibility index (Phi) is 5.16. The van der Waals surface area contributed by atoms with Gasteiger partial charge in [0.25, 0.3) is 0 Å². The van der Waals surface area contributed by atoms with Crippen molar-refractivity contribution in [3.8, 4) is 0 Å². The molecular weight excluding hydrogens is 248 g/mol. The van der Waals surface area contributed by atoms with Gasteiger partial charge in [-0.15, -0.1) is 0 Å². The first-order valence-corrected chi connectivity index (χ1v) is 7.10. The van der Waals surface area contributed by atoms with Crippen molar-refractivity contribution in [2.45, 2.75) is 43.0 Å². The molecule has 0 aromatic carbocycles. The van der Waals surface area contributed by atoms with Crippen LogP contribution in [0.1, 0.15) is 25.7 Å². The van der Waals surface area contributed by atoms with E-state index in [2.05, 4.69) is 5.32 Å². The Balaban J connectivity index is 1.70. The molecule has 2 saturated heterocycles. The Morgan fingerprint density at radius 3 is 2.47 bits per heavy atom. The molecule has 5 N–H and O–H groups in total. The lowest BCUT2D eigenvalue weighted by molar-refractivity contribution is -0.0995. The number of hydrogen-bond donors (Lipinski definition) is 4. The van der Waals surface area contributed by atoms with Crippen LogP contribution in [0.2, 0.25) is 0 Å². The van der Waals surface area contributed by atoms with Gasteiger partial charge in [-0.25, -0.2) is 0 Å². The summed E-state index contributed by atoms with van der Waals surface area (Å²) in [4.78, 5) is 0. The van der Waals surface area contributed by atoms with Gasteiger partial charge in [0, 0.05) is 65.1 Å². The molecular formula is C13H26N2O4. The van der Waals surface area contributed by atoms with Crippen LogP contribution >= 0.6 is 0 Å². The second-order valence-corrected chi connectivity index (χ2v) is 5.84. The molecule has 2 heterocycles. The molecule has 2 aliphatic heterocycles. The molecule has 19 heavy (non-hydrogen) atoms. The lowest BCUT2D eigenvalue weighted by Gasteiger charge is -2.37. The second kappa shape index (κ2) is 6.47. The molecule has 0 aliphatic carbocycles. The van der Waals surface area contributed by atoms with Crippen LogP contribution in [0, 0.1) is 0 Å². The summed E-state index contributed by atoms with van der Waals surface area (Å²) in [6.45, 7) is 3.21. The van der Waals surface area contributed by atoms with E-state index in [1.54, 1.807) is 0 Å². The quantitative estimate of drug-likeness (QED) is 0.513. The minimum atomic E-state index is -0.791. The standard InChI is InChI=1S/C13H26N2O4/c14-9-13(17)3-6-19-11(7-13)8-15-10-12(16)1-4-18-5-2-12/h11,15-17H,1-10,14H2. The maximum absolute atomic E-state index is 10.3. The van der Waals surface area contributed by atoms with Gasteiger partial charge in [0.1, 0.15) is 0 Å². The molecule has 0 amide bonds. The van der Waals surface area contributed by atoms with Crippen molar-refractivity contribution in [2.24, 2.45) is 5.73 Å². The van der Waals surface area contributed by atoms with E-state index in [1.807, 2.05) is 0 Å². The van der Waals surface area contributed by atoms with E-state index in [9.17, 15) is 10.2 Å². The van der Waals surface area contributed by atoms with Crippen LogP contribution in [0.25, 0.3) is 0 Å². The Hall–Kier alpha value is -0.240. The number of aliphatic hydroxyl groups is 2. The van der Waals surface area contributed by atoms with Gasteiger partial charge in [0.05, 0.1) is 17.3 Å². The van der Waals surface area contributed by atoms with Crippen molar-refractivity contribution in [1.29, 1.82) is 0 Å². The molecule has 2 fully saturated rings. The first kappa shape index (κ1) is 15.2. The molecule has 6 heteroatoms. The first-order chi connectivity index (χ1) is 9.05. The molecule has 2 rings (SSSR count). The van der Waals surface area contributed by atoms with Gasteiger partial charge in [-0.1, -0.05) is 0 Å². The van der Waals surface area contributed by atoms with Crippen LogP contribution in [0.15, 0.2) is 0 Å². The number of nitrogens with two attached hydrogens (primary N) is 1. The van der Waals surface area contributed by atoms with Crippen molar-refractivity contribution >= 4 is 0 Å². The van der Waals surface area contributed by atoms with Gasteiger partial charge >= 0.3 is 0 Å². The van der Waals surface area contributed by atoms with Crippen molar-refractivity contribution in [3.63, 3.8) is 0 Å². The minimum Gasteiger partial charge on any atom is -0.388 e. The lowest BCUT2D eigenvalue weighted by Crippen LogP contribution is -2.51. The normalized spacial score (nSPS) is 35.2. The molecule has 6 nitrogen and oxygen atoms in total. The maximum Gasteiger partial charge on any atom is 0.0816 e. The summed E-state index contributed by atoms with van der Waals surface area (Å²) in [5, 5.41) is 23.7. The molecule has 0 bridgehead atoms. The van der Waals surface area contributed by atoms with Crippen molar-refractivity contribution in [2.75, 3.05) is 39.5 Å². The highest BCUT2D eigenvalue weighted by atomic mass is 16.5. The molecule has 0 radical (unpaired) electrons. The zero-order chi connectivity index (χ0) is 13.8. The molecule has 0 saturated carbocycles. The van der Waals surface area contributed by atoms with E-state index in [0.29, 0.717) is 58.6 Å². The number of rotatable bonds is 5.